The summed E-state index contributed by atoms with van der Waals surface area (Å²) in [5.74, 6) is -1.17. The number of hydrogen-bond acceptors (Lipinski definition) is 2. The van der Waals surface area contributed by atoms with E-state index in [9.17, 15) is 14.7 Å². The standard InChI is InChI=1S/C19H25NO3/c1-3-12(2)16(18(22)23)20-17(21)15-11-19(15)10-6-8-13-7-4-5-9-14(13)19/h4-5,7,9,12,15-16H,3,6,8,10-11H2,1-2H3,(H,20,21)(H,22,23)/t12-,15?,16-,19?/m0/s1. The summed E-state index contributed by atoms with van der Waals surface area (Å²) >= 11 is 0. The Kier molecular flexibility index (Phi) is 4.17. The van der Waals surface area contributed by atoms with E-state index in [4.69, 9.17) is 0 Å². The van der Waals surface area contributed by atoms with Gasteiger partial charge in [-0.25, -0.2) is 4.79 Å². The van der Waals surface area contributed by atoms with Crippen LogP contribution < -0.4 is 5.32 Å². The van der Waals surface area contributed by atoms with Crippen molar-refractivity contribution in [1.82, 2.24) is 5.32 Å². The average Bonchev–Trinajstić information content (AvgIpc) is 3.27. The molecule has 2 N–H and O–H groups in total. The van der Waals surface area contributed by atoms with Gasteiger partial charge in [0.05, 0.1) is 0 Å². The molecule has 0 aliphatic heterocycles. The van der Waals surface area contributed by atoms with Crippen molar-refractivity contribution < 1.29 is 14.7 Å². The molecule has 1 aromatic rings. The van der Waals surface area contributed by atoms with Gasteiger partial charge in [-0.15, -0.1) is 0 Å². The second-order valence-electron chi connectivity index (χ2n) is 7.13. The molecule has 1 saturated carbocycles. The fraction of sp³-hybridized carbons (Fsp3) is 0.579. The molecule has 23 heavy (non-hydrogen) atoms. The molecule has 3 rings (SSSR count). The summed E-state index contributed by atoms with van der Waals surface area (Å²) in [5.41, 5.74) is 2.62. The van der Waals surface area contributed by atoms with Crippen molar-refractivity contribution in [2.75, 3.05) is 0 Å². The van der Waals surface area contributed by atoms with Crippen molar-refractivity contribution in [2.24, 2.45) is 11.8 Å². The van der Waals surface area contributed by atoms with Crippen LogP contribution in [0.3, 0.4) is 0 Å². The lowest BCUT2D eigenvalue weighted by molar-refractivity contribution is -0.143. The van der Waals surface area contributed by atoms with E-state index < -0.39 is 12.0 Å². The minimum atomic E-state index is -0.938. The number of aryl methyl sites for hydroxylation is 1. The van der Waals surface area contributed by atoms with Gasteiger partial charge in [-0.2, -0.15) is 0 Å². The second-order valence-corrected chi connectivity index (χ2v) is 7.13. The molecule has 124 valence electrons. The highest BCUT2D eigenvalue weighted by Gasteiger charge is 2.60. The molecule has 1 spiro atoms. The minimum absolute atomic E-state index is 0.0442. The van der Waals surface area contributed by atoms with Gasteiger partial charge in [0.15, 0.2) is 0 Å². The topological polar surface area (TPSA) is 66.4 Å². The number of fused-ring (bicyclic) bond motifs is 2. The van der Waals surface area contributed by atoms with Crippen LogP contribution in [0.15, 0.2) is 24.3 Å². The van der Waals surface area contributed by atoms with Crippen molar-refractivity contribution in [3.05, 3.63) is 35.4 Å². The predicted molar refractivity (Wildman–Crippen MR) is 88.2 cm³/mol. The molecule has 4 nitrogen and oxygen atoms in total. The summed E-state index contributed by atoms with van der Waals surface area (Å²) in [7, 11) is 0. The number of carbonyl (C=O) groups is 2. The van der Waals surface area contributed by atoms with Gasteiger partial charge in [0.25, 0.3) is 0 Å². The third-order valence-corrected chi connectivity index (χ3v) is 5.79. The molecule has 1 fully saturated rings. The first-order chi connectivity index (χ1) is 11.0. The Morgan fingerprint density at radius 1 is 1.39 bits per heavy atom. The highest BCUT2D eigenvalue weighted by Crippen LogP contribution is 2.60. The van der Waals surface area contributed by atoms with E-state index in [0.717, 1.165) is 32.1 Å². The fourth-order valence-electron chi connectivity index (χ4n) is 4.11. The van der Waals surface area contributed by atoms with Gasteiger partial charge in [0.2, 0.25) is 5.91 Å². The summed E-state index contributed by atoms with van der Waals surface area (Å²) < 4.78 is 0. The molecule has 4 atom stereocenters. The van der Waals surface area contributed by atoms with E-state index in [2.05, 4.69) is 23.5 Å². The van der Waals surface area contributed by atoms with Gasteiger partial charge in [-0.3, -0.25) is 4.79 Å². The fourth-order valence-corrected chi connectivity index (χ4v) is 4.11. The zero-order chi connectivity index (χ0) is 16.6. The molecule has 0 aromatic heterocycles. The largest absolute Gasteiger partial charge is 0.480 e. The Labute approximate surface area is 137 Å². The lowest BCUT2D eigenvalue weighted by Crippen LogP contribution is -2.46. The maximum absolute atomic E-state index is 12.6. The van der Waals surface area contributed by atoms with Crippen LogP contribution in [0.4, 0.5) is 0 Å². The highest BCUT2D eigenvalue weighted by molar-refractivity contribution is 5.88. The van der Waals surface area contributed by atoms with E-state index in [0.29, 0.717) is 0 Å². The Hall–Kier alpha value is -1.84. The van der Waals surface area contributed by atoms with Crippen molar-refractivity contribution in [3.63, 3.8) is 0 Å². The first-order valence-corrected chi connectivity index (χ1v) is 8.61. The average molecular weight is 315 g/mol. The maximum Gasteiger partial charge on any atom is 0.326 e. The second kappa shape index (κ2) is 5.99. The highest BCUT2D eigenvalue weighted by atomic mass is 16.4. The van der Waals surface area contributed by atoms with Crippen LogP contribution in [-0.2, 0) is 21.4 Å². The molecule has 2 aliphatic rings. The third kappa shape index (κ3) is 2.75. The van der Waals surface area contributed by atoms with Crippen molar-refractivity contribution in [2.45, 2.75) is 57.4 Å². The van der Waals surface area contributed by atoms with Gasteiger partial charge in [0, 0.05) is 11.3 Å². The molecule has 0 radical (unpaired) electrons. The van der Waals surface area contributed by atoms with Gasteiger partial charge < -0.3 is 10.4 Å². The van der Waals surface area contributed by atoms with Crippen LogP contribution in [0.25, 0.3) is 0 Å². The molecule has 2 aliphatic carbocycles. The van der Waals surface area contributed by atoms with E-state index in [-0.39, 0.29) is 23.2 Å². The van der Waals surface area contributed by atoms with Crippen molar-refractivity contribution in [1.29, 1.82) is 0 Å². The summed E-state index contributed by atoms with van der Waals surface area (Å²) in [5, 5.41) is 12.2. The molecular weight excluding hydrogens is 290 g/mol. The number of aliphatic carboxylic acids is 1. The number of benzene rings is 1. The summed E-state index contributed by atoms with van der Waals surface area (Å²) in [4.78, 5) is 24.1. The molecule has 0 heterocycles. The SMILES string of the molecule is CC[C@H](C)[C@H](NC(=O)C1CC12CCCc1ccccc12)C(=O)O. The van der Waals surface area contributed by atoms with Crippen LogP contribution in [0.5, 0.6) is 0 Å². The van der Waals surface area contributed by atoms with Crippen molar-refractivity contribution >= 4 is 11.9 Å². The lowest BCUT2D eigenvalue weighted by atomic mass is 9.78. The third-order valence-electron chi connectivity index (χ3n) is 5.79. The zero-order valence-electron chi connectivity index (χ0n) is 13.8. The Balaban J connectivity index is 1.76. The quantitative estimate of drug-likeness (QED) is 0.878. The number of amides is 1. The number of nitrogens with one attached hydrogen (secondary N) is 1. The molecule has 0 saturated heterocycles. The van der Waals surface area contributed by atoms with Crippen LogP contribution >= 0.6 is 0 Å². The number of carboxylic acids is 1. The molecule has 4 heteroatoms. The number of carboxylic acid groups (broad SMARTS) is 1. The Morgan fingerprint density at radius 2 is 2.13 bits per heavy atom. The summed E-state index contributed by atoms with van der Waals surface area (Å²) in [6.45, 7) is 3.82. The van der Waals surface area contributed by atoms with Gasteiger partial charge in [0.1, 0.15) is 6.04 Å². The Morgan fingerprint density at radius 3 is 2.83 bits per heavy atom. The first kappa shape index (κ1) is 16.0. The molecule has 1 aromatic carbocycles. The van der Waals surface area contributed by atoms with E-state index in [1.165, 1.54) is 11.1 Å². The number of hydrogen-bond donors (Lipinski definition) is 2. The first-order valence-electron chi connectivity index (χ1n) is 8.61. The lowest BCUT2D eigenvalue weighted by Gasteiger charge is -2.27. The molecule has 2 unspecified atom stereocenters. The van der Waals surface area contributed by atoms with Crippen LogP contribution in [0.2, 0.25) is 0 Å². The maximum atomic E-state index is 12.6. The van der Waals surface area contributed by atoms with E-state index >= 15 is 0 Å². The zero-order valence-corrected chi connectivity index (χ0v) is 13.8. The smallest absolute Gasteiger partial charge is 0.326 e. The molecular formula is C19H25NO3. The minimum Gasteiger partial charge on any atom is -0.480 e. The number of carbonyl (C=O) groups excluding carboxylic acids is 1. The molecule has 0 bridgehead atoms. The van der Waals surface area contributed by atoms with Crippen LogP contribution in [0.1, 0.15) is 50.7 Å². The van der Waals surface area contributed by atoms with Gasteiger partial charge >= 0.3 is 5.97 Å². The summed E-state index contributed by atoms with van der Waals surface area (Å²) in [6.07, 6.45) is 4.80. The Bertz CT molecular complexity index is 627. The van der Waals surface area contributed by atoms with Crippen molar-refractivity contribution in [3.8, 4) is 0 Å². The van der Waals surface area contributed by atoms with Gasteiger partial charge in [-0.1, -0.05) is 44.5 Å². The van der Waals surface area contributed by atoms with Crippen LogP contribution in [0, 0.1) is 11.8 Å². The number of rotatable bonds is 5. The normalized spacial score (nSPS) is 27.8. The summed E-state index contributed by atoms with van der Waals surface area (Å²) in [6, 6.07) is 7.61. The van der Waals surface area contributed by atoms with E-state index in [1.54, 1.807) is 0 Å². The van der Waals surface area contributed by atoms with Gasteiger partial charge in [-0.05, 0) is 42.7 Å². The predicted octanol–water partition coefficient (Wildman–Crippen LogP) is 2.90. The molecule has 1 amide bonds. The monoisotopic (exact) mass is 315 g/mol. The van der Waals surface area contributed by atoms with Crippen LogP contribution in [-0.4, -0.2) is 23.0 Å². The van der Waals surface area contributed by atoms with E-state index in [1.807, 2.05) is 19.9 Å².